The van der Waals surface area contributed by atoms with Crippen LogP contribution in [0.2, 0.25) is 0 Å². The van der Waals surface area contributed by atoms with Gasteiger partial charge < -0.3 is 10.5 Å². The first-order chi connectivity index (χ1) is 8.15. The summed E-state index contributed by atoms with van der Waals surface area (Å²) >= 11 is 0. The third-order valence-corrected chi connectivity index (χ3v) is 2.39. The lowest BCUT2D eigenvalue weighted by molar-refractivity contribution is 0.146. The van der Waals surface area contributed by atoms with E-state index in [0.29, 0.717) is 38.3 Å². The molecule has 0 amide bonds. The Morgan fingerprint density at radius 1 is 1.18 bits per heavy atom. The predicted molar refractivity (Wildman–Crippen MR) is 62.6 cm³/mol. The van der Waals surface area contributed by atoms with Gasteiger partial charge in [0.1, 0.15) is 11.6 Å². The highest BCUT2D eigenvalue weighted by molar-refractivity contribution is 5.17. The highest BCUT2D eigenvalue weighted by Crippen LogP contribution is 2.10. The molecule has 0 heterocycles. The molecule has 0 saturated carbocycles. The monoisotopic (exact) mass is 244 g/mol. The van der Waals surface area contributed by atoms with Crippen molar-refractivity contribution in [2.75, 3.05) is 33.4 Å². The van der Waals surface area contributed by atoms with E-state index in [4.69, 9.17) is 10.5 Å². The number of rotatable bonds is 7. The molecule has 0 unspecified atom stereocenters. The molecule has 17 heavy (non-hydrogen) atoms. The molecule has 3 nitrogen and oxygen atoms in total. The van der Waals surface area contributed by atoms with Crippen molar-refractivity contribution in [3.63, 3.8) is 0 Å². The highest BCUT2D eigenvalue weighted by Gasteiger charge is 2.07. The van der Waals surface area contributed by atoms with Crippen molar-refractivity contribution in [3.8, 4) is 0 Å². The van der Waals surface area contributed by atoms with Crippen LogP contribution in [0.3, 0.4) is 0 Å². The number of nitrogens with zero attached hydrogens (tertiary/aromatic N) is 1. The first-order valence-corrected chi connectivity index (χ1v) is 5.52. The first-order valence-electron chi connectivity index (χ1n) is 5.52. The van der Waals surface area contributed by atoms with E-state index in [1.807, 2.05) is 4.90 Å². The van der Waals surface area contributed by atoms with Crippen molar-refractivity contribution in [2.45, 2.75) is 6.54 Å². The fourth-order valence-corrected chi connectivity index (χ4v) is 1.63. The second kappa shape index (κ2) is 7.32. The topological polar surface area (TPSA) is 38.5 Å². The van der Waals surface area contributed by atoms with Crippen molar-refractivity contribution < 1.29 is 13.5 Å². The Kier molecular flexibility index (Phi) is 6.04. The van der Waals surface area contributed by atoms with Gasteiger partial charge in [0.15, 0.2) is 0 Å². The van der Waals surface area contributed by atoms with Crippen LogP contribution in [-0.4, -0.2) is 38.3 Å². The third-order valence-electron chi connectivity index (χ3n) is 2.39. The molecular formula is C12H18F2N2O. The Hall–Kier alpha value is -1.04. The molecule has 0 radical (unpaired) electrons. The van der Waals surface area contributed by atoms with Crippen molar-refractivity contribution >= 4 is 0 Å². The van der Waals surface area contributed by atoms with Crippen LogP contribution in [0, 0.1) is 11.6 Å². The van der Waals surface area contributed by atoms with Gasteiger partial charge >= 0.3 is 0 Å². The van der Waals surface area contributed by atoms with Crippen LogP contribution in [0.25, 0.3) is 0 Å². The lowest BCUT2D eigenvalue weighted by atomic mass is 10.2. The normalized spacial score (nSPS) is 11.1. The minimum Gasteiger partial charge on any atom is -0.383 e. The van der Waals surface area contributed by atoms with Crippen LogP contribution >= 0.6 is 0 Å². The van der Waals surface area contributed by atoms with Gasteiger partial charge in [-0.1, -0.05) is 0 Å². The van der Waals surface area contributed by atoms with E-state index < -0.39 is 11.6 Å². The van der Waals surface area contributed by atoms with Gasteiger partial charge in [-0.15, -0.1) is 0 Å². The van der Waals surface area contributed by atoms with E-state index >= 15 is 0 Å². The minimum atomic E-state index is -0.556. The van der Waals surface area contributed by atoms with Crippen LogP contribution < -0.4 is 5.73 Å². The molecule has 0 aliphatic heterocycles. The Balaban J connectivity index is 2.63. The van der Waals surface area contributed by atoms with Crippen LogP contribution in [0.5, 0.6) is 0 Å². The summed E-state index contributed by atoms with van der Waals surface area (Å²) in [5, 5.41) is 0. The second-order valence-electron chi connectivity index (χ2n) is 3.84. The maximum absolute atomic E-state index is 13.0. The maximum Gasteiger partial charge on any atom is 0.126 e. The summed E-state index contributed by atoms with van der Waals surface area (Å²) in [6.45, 7) is 2.89. The second-order valence-corrected chi connectivity index (χ2v) is 3.84. The van der Waals surface area contributed by atoms with Crippen molar-refractivity contribution in [1.29, 1.82) is 0 Å². The van der Waals surface area contributed by atoms with Gasteiger partial charge in [0.05, 0.1) is 6.61 Å². The fraction of sp³-hybridized carbons (Fsp3) is 0.500. The van der Waals surface area contributed by atoms with Gasteiger partial charge in [0, 0.05) is 39.4 Å². The van der Waals surface area contributed by atoms with E-state index in [1.54, 1.807) is 7.11 Å². The Bertz CT molecular complexity index is 327. The van der Waals surface area contributed by atoms with E-state index in [0.717, 1.165) is 6.07 Å². The van der Waals surface area contributed by atoms with Gasteiger partial charge in [0.2, 0.25) is 0 Å². The zero-order chi connectivity index (χ0) is 12.7. The molecule has 5 heteroatoms. The molecule has 0 aromatic heterocycles. The quantitative estimate of drug-likeness (QED) is 0.787. The fourth-order valence-electron chi connectivity index (χ4n) is 1.63. The molecule has 1 aromatic carbocycles. The molecule has 0 atom stereocenters. The molecule has 0 saturated heterocycles. The van der Waals surface area contributed by atoms with Crippen LogP contribution in [0.1, 0.15) is 5.56 Å². The number of methoxy groups -OCH3 is 1. The number of halogens is 2. The average Bonchev–Trinajstić information content (AvgIpc) is 2.24. The number of hydrogen-bond acceptors (Lipinski definition) is 3. The van der Waals surface area contributed by atoms with E-state index in [1.165, 1.54) is 12.1 Å². The standard InChI is InChI=1S/C12H18F2N2O/c1-17-5-4-16(3-2-15)9-10-6-11(13)8-12(14)7-10/h6-8H,2-5,9,15H2,1H3. The predicted octanol–water partition coefficient (Wildman–Crippen LogP) is 1.37. The molecule has 0 aliphatic rings. The lowest BCUT2D eigenvalue weighted by Crippen LogP contribution is -2.32. The zero-order valence-electron chi connectivity index (χ0n) is 9.96. The van der Waals surface area contributed by atoms with Gasteiger partial charge in [0.25, 0.3) is 0 Å². The zero-order valence-corrected chi connectivity index (χ0v) is 9.96. The van der Waals surface area contributed by atoms with E-state index in [-0.39, 0.29) is 0 Å². The summed E-state index contributed by atoms with van der Waals surface area (Å²) < 4.78 is 31.0. The molecule has 0 fully saturated rings. The van der Waals surface area contributed by atoms with E-state index in [2.05, 4.69) is 0 Å². The molecule has 0 bridgehead atoms. The maximum atomic E-state index is 13.0. The van der Waals surface area contributed by atoms with Crippen LogP contribution in [0.15, 0.2) is 18.2 Å². The van der Waals surface area contributed by atoms with Crippen molar-refractivity contribution in [2.24, 2.45) is 5.73 Å². The van der Waals surface area contributed by atoms with Crippen LogP contribution in [0.4, 0.5) is 8.78 Å². The SMILES string of the molecule is COCCN(CCN)Cc1cc(F)cc(F)c1. The molecule has 96 valence electrons. The number of nitrogens with two attached hydrogens (primary N) is 1. The summed E-state index contributed by atoms with van der Waals surface area (Å²) in [5.74, 6) is -1.11. The Morgan fingerprint density at radius 3 is 2.35 bits per heavy atom. The minimum absolute atomic E-state index is 0.468. The van der Waals surface area contributed by atoms with Gasteiger partial charge in [-0.05, 0) is 17.7 Å². The van der Waals surface area contributed by atoms with Crippen LogP contribution in [-0.2, 0) is 11.3 Å². The average molecular weight is 244 g/mol. The number of benzene rings is 1. The van der Waals surface area contributed by atoms with Gasteiger partial charge in [-0.2, -0.15) is 0 Å². The summed E-state index contributed by atoms with van der Waals surface area (Å²) in [5.41, 5.74) is 6.09. The Labute approximate surface area is 100 Å². The first kappa shape index (κ1) is 14.0. The van der Waals surface area contributed by atoms with E-state index in [9.17, 15) is 8.78 Å². The molecule has 1 rings (SSSR count). The summed E-state index contributed by atoms with van der Waals surface area (Å²) in [6.07, 6.45) is 0. The Morgan fingerprint density at radius 2 is 1.82 bits per heavy atom. The van der Waals surface area contributed by atoms with Crippen molar-refractivity contribution in [1.82, 2.24) is 4.90 Å². The molecule has 1 aromatic rings. The number of ether oxygens (including phenoxy) is 1. The largest absolute Gasteiger partial charge is 0.383 e. The molecule has 2 N–H and O–H groups in total. The molecule has 0 aliphatic carbocycles. The molecular weight excluding hydrogens is 226 g/mol. The van der Waals surface area contributed by atoms with Gasteiger partial charge in [-0.25, -0.2) is 8.78 Å². The summed E-state index contributed by atoms with van der Waals surface area (Å²) in [4.78, 5) is 2.00. The lowest BCUT2D eigenvalue weighted by Gasteiger charge is -2.21. The summed E-state index contributed by atoms with van der Waals surface area (Å²) in [7, 11) is 1.61. The smallest absolute Gasteiger partial charge is 0.126 e. The highest BCUT2D eigenvalue weighted by atomic mass is 19.1. The third kappa shape index (κ3) is 5.21. The van der Waals surface area contributed by atoms with Gasteiger partial charge in [-0.3, -0.25) is 4.90 Å². The number of hydrogen-bond donors (Lipinski definition) is 1. The van der Waals surface area contributed by atoms with Crippen molar-refractivity contribution in [3.05, 3.63) is 35.4 Å². The summed E-state index contributed by atoms with van der Waals surface area (Å²) in [6, 6.07) is 3.53. The molecule has 0 spiro atoms.